The Kier molecular flexibility index (Phi) is 6.88. The summed E-state index contributed by atoms with van der Waals surface area (Å²) in [6.07, 6.45) is 1.99. The number of thiophene rings is 1. The van der Waals surface area contributed by atoms with Gasteiger partial charge in [-0.15, -0.1) is 11.3 Å². The molecule has 98 valence electrons. The highest BCUT2D eigenvalue weighted by Crippen LogP contribution is 2.15. The lowest BCUT2D eigenvalue weighted by Crippen LogP contribution is -2.29. The van der Waals surface area contributed by atoms with Gasteiger partial charge in [-0.2, -0.15) is 11.8 Å². The molecule has 0 aliphatic rings. The zero-order valence-electron chi connectivity index (χ0n) is 10.5. The second-order valence-electron chi connectivity index (χ2n) is 3.79. The first-order valence-electron chi connectivity index (χ1n) is 5.61. The molecule has 0 radical (unpaired) electrons. The van der Waals surface area contributed by atoms with Gasteiger partial charge in [0.05, 0.1) is 6.54 Å². The number of aliphatic hydroxyl groups is 1. The summed E-state index contributed by atoms with van der Waals surface area (Å²) in [4.78, 5) is 12.8. The molecule has 1 heterocycles. The highest BCUT2D eigenvalue weighted by Gasteiger charge is 2.12. The average Bonchev–Trinajstić information content (AvgIpc) is 2.81. The number of aliphatic hydroxyl groups excluding tert-OH is 1. The molecular weight excluding hydrogens is 266 g/mol. The van der Waals surface area contributed by atoms with Crippen LogP contribution in [0.15, 0.2) is 11.4 Å². The molecule has 0 saturated heterocycles. The summed E-state index contributed by atoms with van der Waals surface area (Å²) in [5.74, 6) is 6.41. The van der Waals surface area contributed by atoms with Crippen molar-refractivity contribution in [3.05, 3.63) is 21.9 Å². The summed E-state index contributed by atoms with van der Waals surface area (Å²) in [5, 5.41) is 13.5. The van der Waals surface area contributed by atoms with Crippen LogP contribution in [0, 0.1) is 17.8 Å². The molecule has 1 unspecified atom stereocenters. The van der Waals surface area contributed by atoms with Gasteiger partial charge in [0.2, 0.25) is 5.91 Å². The Bertz CT molecular complexity index is 445. The maximum atomic E-state index is 11.8. The molecule has 1 rings (SSSR count). The molecule has 0 aromatic carbocycles. The van der Waals surface area contributed by atoms with E-state index in [1.807, 2.05) is 24.6 Å². The molecule has 5 heteroatoms. The Morgan fingerprint density at radius 2 is 2.44 bits per heavy atom. The quantitative estimate of drug-likeness (QED) is 0.809. The fourth-order valence-corrected chi connectivity index (χ4v) is 2.81. The van der Waals surface area contributed by atoms with Gasteiger partial charge in [0.15, 0.2) is 0 Å². The lowest BCUT2D eigenvalue weighted by atomic mass is 10.2. The van der Waals surface area contributed by atoms with Crippen molar-refractivity contribution >= 4 is 29.0 Å². The van der Waals surface area contributed by atoms with Crippen molar-refractivity contribution in [3.63, 3.8) is 0 Å². The minimum absolute atomic E-state index is 0.0203. The van der Waals surface area contributed by atoms with Crippen LogP contribution in [0.4, 0.5) is 0 Å². The highest BCUT2D eigenvalue weighted by atomic mass is 32.2. The first kappa shape index (κ1) is 15.1. The molecule has 0 fully saturated rings. The van der Waals surface area contributed by atoms with E-state index in [0.717, 1.165) is 16.2 Å². The maximum Gasteiger partial charge on any atom is 0.223 e. The van der Waals surface area contributed by atoms with Crippen LogP contribution in [-0.4, -0.2) is 29.6 Å². The standard InChI is InChI=1S/C13H17NO2S2/c1-10(9-17-2)13(16)14-8-12-11(4-3-6-15)5-7-18-12/h5,7,10,15H,6,8-9H2,1-2H3,(H,14,16). The normalized spacial score (nSPS) is 11.5. The lowest BCUT2D eigenvalue weighted by molar-refractivity contribution is -0.123. The van der Waals surface area contributed by atoms with E-state index in [4.69, 9.17) is 5.11 Å². The van der Waals surface area contributed by atoms with Crippen LogP contribution in [0.25, 0.3) is 0 Å². The Hall–Kier alpha value is -0.960. The van der Waals surface area contributed by atoms with Crippen LogP contribution in [-0.2, 0) is 11.3 Å². The fourth-order valence-electron chi connectivity index (χ4n) is 1.39. The average molecular weight is 283 g/mol. The molecule has 1 aromatic rings. The molecule has 0 saturated carbocycles. The van der Waals surface area contributed by atoms with E-state index in [1.54, 1.807) is 23.1 Å². The predicted octanol–water partition coefficient (Wildman–Crippen LogP) is 1.71. The second-order valence-corrected chi connectivity index (χ2v) is 5.70. The van der Waals surface area contributed by atoms with Crippen LogP contribution < -0.4 is 5.32 Å². The lowest BCUT2D eigenvalue weighted by Gasteiger charge is -2.10. The summed E-state index contributed by atoms with van der Waals surface area (Å²) >= 11 is 3.23. The molecule has 1 amide bonds. The Morgan fingerprint density at radius 1 is 1.67 bits per heavy atom. The van der Waals surface area contributed by atoms with Crippen molar-refractivity contribution in [1.29, 1.82) is 0 Å². The molecule has 2 N–H and O–H groups in total. The SMILES string of the molecule is CSCC(C)C(=O)NCc1sccc1C#CCO. The Balaban J connectivity index is 2.53. The summed E-state index contributed by atoms with van der Waals surface area (Å²) in [6.45, 7) is 2.28. The smallest absolute Gasteiger partial charge is 0.223 e. The van der Waals surface area contributed by atoms with Crippen LogP contribution >= 0.6 is 23.1 Å². The number of nitrogens with one attached hydrogen (secondary N) is 1. The predicted molar refractivity (Wildman–Crippen MR) is 77.7 cm³/mol. The van der Waals surface area contributed by atoms with Gasteiger partial charge in [-0.3, -0.25) is 4.79 Å². The number of amides is 1. The topological polar surface area (TPSA) is 49.3 Å². The molecule has 0 aliphatic heterocycles. The van der Waals surface area contributed by atoms with E-state index in [9.17, 15) is 4.79 Å². The number of carbonyl (C=O) groups is 1. The minimum Gasteiger partial charge on any atom is -0.384 e. The van der Waals surface area contributed by atoms with Gasteiger partial charge in [-0.05, 0) is 17.7 Å². The first-order valence-corrected chi connectivity index (χ1v) is 7.89. The zero-order chi connectivity index (χ0) is 13.4. The van der Waals surface area contributed by atoms with Gasteiger partial charge in [0.1, 0.15) is 6.61 Å². The number of thioether (sulfide) groups is 1. The summed E-state index contributed by atoms with van der Waals surface area (Å²) < 4.78 is 0. The fraction of sp³-hybridized carbons (Fsp3) is 0.462. The van der Waals surface area contributed by atoms with E-state index in [1.165, 1.54) is 0 Å². The van der Waals surface area contributed by atoms with E-state index >= 15 is 0 Å². The molecule has 1 aromatic heterocycles. The monoisotopic (exact) mass is 283 g/mol. The third kappa shape index (κ3) is 4.73. The summed E-state index contributed by atoms with van der Waals surface area (Å²) in [5.41, 5.74) is 0.881. The van der Waals surface area contributed by atoms with Crippen LogP contribution in [0.5, 0.6) is 0 Å². The highest BCUT2D eigenvalue weighted by molar-refractivity contribution is 7.98. The van der Waals surface area contributed by atoms with Gasteiger partial charge in [0.25, 0.3) is 0 Å². The third-order valence-electron chi connectivity index (χ3n) is 2.33. The van der Waals surface area contributed by atoms with Gasteiger partial charge in [0, 0.05) is 22.1 Å². The largest absolute Gasteiger partial charge is 0.384 e. The minimum atomic E-state index is -0.146. The molecule has 0 spiro atoms. The number of carbonyl (C=O) groups excluding carboxylic acids is 1. The molecule has 1 atom stereocenters. The van der Waals surface area contributed by atoms with Crippen LogP contribution in [0.1, 0.15) is 17.4 Å². The van der Waals surface area contributed by atoms with Crippen molar-refractivity contribution < 1.29 is 9.90 Å². The molecule has 3 nitrogen and oxygen atoms in total. The van der Waals surface area contributed by atoms with Gasteiger partial charge in [-0.1, -0.05) is 18.8 Å². The van der Waals surface area contributed by atoms with Crippen molar-refractivity contribution in [3.8, 4) is 11.8 Å². The van der Waals surface area contributed by atoms with Crippen LogP contribution in [0.2, 0.25) is 0 Å². The molecular formula is C13H17NO2S2. The van der Waals surface area contributed by atoms with E-state index in [0.29, 0.717) is 6.54 Å². The van der Waals surface area contributed by atoms with E-state index < -0.39 is 0 Å². The summed E-state index contributed by atoms with van der Waals surface area (Å²) in [7, 11) is 0. The van der Waals surface area contributed by atoms with Gasteiger partial charge < -0.3 is 10.4 Å². The van der Waals surface area contributed by atoms with E-state index in [-0.39, 0.29) is 18.4 Å². The second kappa shape index (κ2) is 8.20. The van der Waals surface area contributed by atoms with Crippen molar-refractivity contribution in [2.75, 3.05) is 18.6 Å². The maximum absolute atomic E-state index is 11.8. The van der Waals surface area contributed by atoms with Gasteiger partial charge >= 0.3 is 0 Å². The number of hydrogen-bond acceptors (Lipinski definition) is 4. The van der Waals surface area contributed by atoms with Crippen molar-refractivity contribution in [2.24, 2.45) is 5.92 Å². The van der Waals surface area contributed by atoms with Crippen molar-refractivity contribution in [2.45, 2.75) is 13.5 Å². The number of rotatable bonds is 5. The number of hydrogen-bond donors (Lipinski definition) is 2. The van der Waals surface area contributed by atoms with Crippen LogP contribution in [0.3, 0.4) is 0 Å². The van der Waals surface area contributed by atoms with Crippen molar-refractivity contribution in [1.82, 2.24) is 5.32 Å². The molecule has 0 aliphatic carbocycles. The zero-order valence-corrected chi connectivity index (χ0v) is 12.2. The molecule has 0 bridgehead atoms. The Labute approximate surface area is 116 Å². The summed E-state index contributed by atoms with van der Waals surface area (Å²) in [6, 6.07) is 1.90. The first-order chi connectivity index (χ1) is 8.69. The van der Waals surface area contributed by atoms with Gasteiger partial charge in [-0.25, -0.2) is 0 Å². The Morgan fingerprint density at radius 3 is 3.11 bits per heavy atom. The molecule has 18 heavy (non-hydrogen) atoms. The third-order valence-corrected chi connectivity index (χ3v) is 4.09. The van der Waals surface area contributed by atoms with E-state index in [2.05, 4.69) is 17.2 Å².